The summed E-state index contributed by atoms with van der Waals surface area (Å²) in [5, 5.41) is 0.851. The number of halogens is 1. The average Bonchev–Trinajstić information content (AvgIpc) is 3.07. The second-order valence-corrected chi connectivity index (χ2v) is 6.86. The third-order valence-corrected chi connectivity index (χ3v) is 5.09. The van der Waals surface area contributed by atoms with E-state index in [1.165, 1.54) is 12.1 Å². The number of H-pyrrole nitrogens is 1. The Bertz CT molecular complexity index is 1200. The molecule has 0 fully saturated rings. The average molecular weight is 368 g/mol. The standard InChI is InChI=1S/C19H13FN2O3S/c1-10(17-21-14-7-3-2-5-11(14)18(23)22-17)25-19(24)16-9-12-13(20)6-4-8-15(12)26-16/h2-10H,1H3,(H,21,22,23)/t10-/m1/s1. The van der Waals surface area contributed by atoms with E-state index in [4.69, 9.17) is 4.74 Å². The van der Waals surface area contributed by atoms with Crippen LogP contribution in [0.3, 0.4) is 0 Å². The van der Waals surface area contributed by atoms with Crippen LogP contribution >= 0.6 is 11.3 Å². The highest BCUT2D eigenvalue weighted by molar-refractivity contribution is 7.20. The first-order chi connectivity index (χ1) is 12.5. The fraction of sp³-hybridized carbons (Fsp3) is 0.105. The lowest BCUT2D eigenvalue weighted by Gasteiger charge is -2.12. The number of fused-ring (bicyclic) bond motifs is 2. The van der Waals surface area contributed by atoms with Crippen molar-refractivity contribution in [2.75, 3.05) is 0 Å². The SMILES string of the molecule is C[C@@H](OC(=O)c1cc2c(F)cccc2s1)c1nc2ccccc2c(=O)[nH]1. The highest BCUT2D eigenvalue weighted by atomic mass is 32.1. The molecule has 2 heterocycles. The summed E-state index contributed by atoms with van der Waals surface area (Å²) >= 11 is 1.16. The number of ether oxygens (including phenoxy) is 1. The summed E-state index contributed by atoms with van der Waals surface area (Å²) in [7, 11) is 0. The fourth-order valence-corrected chi connectivity index (χ4v) is 3.66. The van der Waals surface area contributed by atoms with E-state index in [-0.39, 0.29) is 17.2 Å². The largest absolute Gasteiger partial charge is 0.450 e. The summed E-state index contributed by atoms with van der Waals surface area (Å²) in [5.74, 6) is -0.713. The number of aromatic amines is 1. The molecule has 5 nitrogen and oxygen atoms in total. The van der Waals surface area contributed by atoms with Gasteiger partial charge in [0.05, 0.1) is 10.9 Å². The summed E-state index contributed by atoms with van der Waals surface area (Å²) in [5.41, 5.74) is 0.232. The Balaban J connectivity index is 1.62. The van der Waals surface area contributed by atoms with E-state index in [2.05, 4.69) is 9.97 Å². The summed E-state index contributed by atoms with van der Waals surface area (Å²) in [6.07, 6.45) is -0.755. The van der Waals surface area contributed by atoms with Crippen LogP contribution in [0, 0.1) is 5.82 Å². The molecule has 0 radical (unpaired) electrons. The number of carbonyl (C=O) groups is 1. The van der Waals surface area contributed by atoms with Crippen LogP contribution in [-0.4, -0.2) is 15.9 Å². The molecule has 7 heteroatoms. The van der Waals surface area contributed by atoms with Crippen LogP contribution in [0.5, 0.6) is 0 Å². The third kappa shape index (κ3) is 2.86. The van der Waals surface area contributed by atoms with Crippen molar-refractivity contribution in [3.05, 3.63) is 75.4 Å². The van der Waals surface area contributed by atoms with Crippen LogP contribution < -0.4 is 5.56 Å². The minimum absolute atomic E-state index is 0.259. The Morgan fingerprint density at radius 3 is 2.81 bits per heavy atom. The van der Waals surface area contributed by atoms with Gasteiger partial charge in [-0.3, -0.25) is 4.79 Å². The molecule has 0 aliphatic carbocycles. The van der Waals surface area contributed by atoms with E-state index >= 15 is 0 Å². The molecule has 1 atom stereocenters. The van der Waals surface area contributed by atoms with Crippen LogP contribution in [0.25, 0.3) is 21.0 Å². The predicted octanol–water partition coefficient (Wildman–Crippen LogP) is 4.19. The number of esters is 1. The fourth-order valence-electron chi connectivity index (χ4n) is 2.70. The molecule has 2 aromatic carbocycles. The Kier molecular flexibility index (Phi) is 4.00. The van der Waals surface area contributed by atoms with Gasteiger partial charge in [-0.25, -0.2) is 14.2 Å². The Morgan fingerprint density at radius 2 is 2.00 bits per heavy atom. The van der Waals surface area contributed by atoms with Gasteiger partial charge in [0, 0.05) is 10.1 Å². The molecule has 0 aliphatic heterocycles. The Hall–Kier alpha value is -3.06. The molecule has 0 amide bonds. The van der Waals surface area contributed by atoms with E-state index in [9.17, 15) is 14.0 Å². The summed E-state index contributed by atoms with van der Waals surface area (Å²) in [4.78, 5) is 31.8. The van der Waals surface area contributed by atoms with Gasteiger partial charge in [-0.2, -0.15) is 0 Å². The van der Waals surface area contributed by atoms with Gasteiger partial charge in [0.2, 0.25) is 0 Å². The first-order valence-electron chi connectivity index (χ1n) is 7.91. The number of benzene rings is 2. The molecule has 26 heavy (non-hydrogen) atoms. The highest BCUT2D eigenvalue weighted by Gasteiger charge is 2.19. The molecule has 0 saturated heterocycles. The monoisotopic (exact) mass is 368 g/mol. The van der Waals surface area contributed by atoms with Crippen molar-refractivity contribution in [3.8, 4) is 0 Å². The number of hydrogen-bond donors (Lipinski definition) is 1. The van der Waals surface area contributed by atoms with E-state index < -0.39 is 12.1 Å². The van der Waals surface area contributed by atoms with Gasteiger partial charge in [-0.15, -0.1) is 11.3 Å². The zero-order chi connectivity index (χ0) is 18.3. The maximum absolute atomic E-state index is 13.8. The van der Waals surface area contributed by atoms with E-state index in [0.29, 0.717) is 25.9 Å². The second-order valence-electron chi connectivity index (χ2n) is 5.78. The number of nitrogens with one attached hydrogen (secondary N) is 1. The van der Waals surface area contributed by atoms with E-state index in [1.807, 2.05) is 0 Å². The van der Waals surface area contributed by atoms with Gasteiger partial charge in [0.15, 0.2) is 11.9 Å². The lowest BCUT2D eigenvalue weighted by Crippen LogP contribution is -2.17. The molecule has 0 bridgehead atoms. The first-order valence-corrected chi connectivity index (χ1v) is 8.72. The van der Waals surface area contributed by atoms with Crippen molar-refractivity contribution in [1.29, 1.82) is 0 Å². The normalized spacial score (nSPS) is 12.4. The number of carbonyl (C=O) groups excluding carboxylic acids is 1. The molecular weight excluding hydrogens is 355 g/mol. The molecule has 0 saturated carbocycles. The van der Waals surface area contributed by atoms with Crippen molar-refractivity contribution in [2.24, 2.45) is 0 Å². The molecule has 0 spiro atoms. The van der Waals surface area contributed by atoms with E-state index in [1.54, 1.807) is 43.3 Å². The van der Waals surface area contributed by atoms with Gasteiger partial charge < -0.3 is 9.72 Å². The zero-order valence-corrected chi connectivity index (χ0v) is 14.5. The van der Waals surface area contributed by atoms with Crippen molar-refractivity contribution in [3.63, 3.8) is 0 Å². The van der Waals surface area contributed by atoms with Gasteiger partial charge in [0.1, 0.15) is 10.7 Å². The van der Waals surface area contributed by atoms with Crippen molar-refractivity contribution in [1.82, 2.24) is 9.97 Å². The second kappa shape index (κ2) is 6.34. The zero-order valence-electron chi connectivity index (χ0n) is 13.7. The van der Waals surface area contributed by atoms with Crippen LogP contribution in [0.4, 0.5) is 4.39 Å². The molecule has 0 unspecified atom stereocenters. The van der Waals surface area contributed by atoms with E-state index in [0.717, 1.165) is 11.3 Å². The lowest BCUT2D eigenvalue weighted by molar-refractivity contribution is 0.0326. The Labute approximate surface area is 151 Å². The van der Waals surface area contributed by atoms with Gasteiger partial charge in [-0.1, -0.05) is 18.2 Å². The first kappa shape index (κ1) is 16.4. The van der Waals surface area contributed by atoms with Crippen LogP contribution in [0.2, 0.25) is 0 Å². The lowest BCUT2D eigenvalue weighted by atomic mass is 10.2. The number of thiophene rings is 1. The molecule has 1 N–H and O–H groups in total. The van der Waals surface area contributed by atoms with Crippen LogP contribution in [0.15, 0.2) is 53.3 Å². The molecule has 4 aromatic rings. The molecule has 4 rings (SSSR count). The Morgan fingerprint density at radius 1 is 1.19 bits per heavy atom. The number of hydrogen-bond acceptors (Lipinski definition) is 5. The van der Waals surface area contributed by atoms with Gasteiger partial charge >= 0.3 is 5.97 Å². The van der Waals surface area contributed by atoms with Crippen molar-refractivity contribution in [2.45, 2.75) is 13.0 Å². The number of para-hydroxylation sites is 1. The number of aromatic nitrogens is 2. The van der Waals surface area contributed by atoms with Gasteiger partial charge in [0.25, 0.3) is 5.56 Å². The van der Waals surface area contributed by atoms with Crippen molar-refractivity contribution < 1.29 is 13.9 Å². The summed E-state index contributed by atoms with van der Waals surface area (Å²) < 4.78 is 19.9. The minimum Gasteiger partial charge on any atom is -0.450 e. The number of rotatable bonds is 3. The maximum Gasteiger partial charge on any atom is 0.349 e. The minimum atomic E-state index is -0.755. The quantitative estimate of drug-likeness (QED) is 0.550. The summed E-state index contributed by atoms with van der Waals surface area (Å²) in [6.45, 7) is 1.62. The van der Waals surface area contributed by atoms with Crippen LogP contribution in [-0.2, 0) is 4.74 Å². The maximum atomic E-state index is 13.8. The third-order valence-electron chi connectivity index (χ3n) is 4.01. The highest BCUT2D eigenvalue weighted by Crippen LogP contribution is 2.29. The van der Waals surface area contributed by atoms with Crippen molar-refractivity contribution >= 4 is 38.3 Å². The predicted molar refractivity (Wildman–Crippen MR) is 98.0 cm³/mol. The smallest absolute Gasteiger partial charge is 0.349 e. The molecule has 0 aliphatic rings. The molecule has 130 valence electrons. The topological polar surface area (TPSA) is 72.0 Å². The molecular formula is C19H13FN2O3S. The summed E-state index contributed by atoms with van der Waals surface area (Å²) in [6, 6.07) is 13.1. The number of nitrogens with zero attached hydrogens (tertiary/aromatic N) is 1. The van der Waals surface area contributed by atoms with Gasteiger partial charge in [-0.05, 0) is 37.3 Å². The van der Waals surface area contributed by atoms with Crippen LogP contribution in [0.1, 0.15) is 28.5 Å². The molecule has 2 aromatic heterocycles.